The summed E-state index contributed by atoms with van der Waals surface area (Å²) in [6.07, 6.45) is 3.09. The van der Waals surface area contributed by atoms with E-state index in [1.54, 1.807) is 23.9 Å². The lowest BCUT2D eigenvalue weighted by Gasteiger charge is -2.50. The highest BCUT2D eigenvalue weighted by Crippen LogP contribution is 2.55. The van der Waals surface area contributed by atoms with E-state index in [2.05, 4.69) is 36.4 Å². The fourth-order valence-electron chi connectivity index (χ4n) is 5.94. The lowest BCUT2D eigenvalue weighted by Crippen LogP contribution is -2.43. The number of anilines is 2. The maximum absolute atomic E-state index is 14.0. The summed E-state index contributed by atoms with van der Waals surface area (Å²) in [5, 5.41) is 18.0. The molecule has 2 fully saturated rings. The molecule has 1 aliphatic heterocycles. The van der Waals surface area contributed by atoms with Crippen molar-refractivity contribution in [1.29, 1.82) is 5.26 Å². The lowest BCUT2D eigenvalue weighted by atomic mass is 9.61. The van der Waals surface area contributed by atoms with Gasteiger partial charge in [0.2, 0.25) is 5.95 Å². The number of rotatable bonds is 5. The monoisotopic (exact) mass is 563 g/mol. The highest BCUT2D eigenvalue weighted by molar-refractivity contribution is 5.84. The van der Waals surface area contributed by atoms with Crippen molar-refractivity contribution in [3.63, 3.8) is 0 Å². The number of fused-ring (bicyclic) bond motifs is 2. The Morgan fingerprint density at radius 3 is 2.76 bits per heavy atom. The van der Waals surface area contributed by atoms with Crippen LogP contribution in [-0.4, -0.2) is 47.5 Å². The number of H-pyrrole nitrogens is 1. The minimum absolute atomic E-state index is 0.00418. The summed E-state index contributed by atoms with van der Waals surface area (Å²) in [6, 6.07) is 6.42. The van der Waals surface area contributed by atoms with E-state index in [1.165, 1.54) is 12.4 Å². The minimum atomic E-state index is -4.57. The van der Waals surface area contributed by atoms with Crippen LogP contribution in [0.3, 0.4) is 0 Å². The topological polar surface area (TPSA) is 131 Å². The van der Waals surface area contributed by atoms with Gasteiger partial charge in [-0.1, -0.05) is 0 Å². The third kappa shape index (κ3) is 4.33. The smallest absolute Gasteiger partial charge is 0.433 e. The first-order valence-electron chi connectivity index (χ1n) is 13.1. The van der Waals surface area contributed by atoms with Gasteiger partial charge in [-0.05, 0) is 43.2 Å². The van der Waals surface area contributed by atoms with E-state index in [0.29, 0.717) is 43.0 Å². The first-order chi connectivity index (χ1) is 19.7. The number of halogens is 3. The molecule has 2 N–H and O–H groups in total. The molecule has 11 nitrogen and oxygen atoms in total. The van der Waals surface area contributed by atoms with Gasteiger partial charge in [-0.2, -0.15) is 28.5 Å². The molecule has 2 aliphatic rings. The number of hydrogen-bond donors (Lipinski definition) is 2. The molecule has 41 heavy (non-hydrogen) atoms. The summed E-state index contributed by atoms with van der Waals surface area (Å²) in [5.74, 6) is 0.801. The fourth-order valence-corrected chi connectivity index (χ4v) is 5.94. The molecule has 7 rings (SSSR count). The molecule has 6 heterocycles. The van der Waals surface area contributed by atoms with Crippen molar-refractivity contribution < 1.29 is 22.6 Å². The van der Waals surface area contributed by atoms with Crippen molar-refractivity contribution in [3.05, 3.63) is 48.0 Å². The average Bonchev–Trinajstić information content (AvgIpc) is 3.65. The van der Waals surface area contributed by atoms with E-state index in [-0.39, 0.29) is 40.2 Å². The molecule has 1 saturated heterocycles. The van der Waals surface area contributed by atoms with Crippen molar-refractivity contribution in [3.8, 4) is 17.6 Å². The molecule has 0 bridgehead atoms. The first-order valence-corrected chi connectivity index (χ1v) is 13.1. The summed E-state index contributed by atoms with van der Waals surface area (Å²) in [5.41, 5.74) is 0.680. The Morgan fingerprint density at radius 2 is 2.00 bits per heavy atom. The number of nitrogens with one attached hydrogen (secondary N) is 2. The van der Waals surface area contributed by atoms with E-state index in [1.807, 2.05) is 6.07 Å². The number of imidazole rings is 1. The van der Waals surface area contributed by atoms with Gasteiger partial charge >= 0.3 is 6.18 Å². The van der Waals surface area contributed by atoms with Crippen LogP contribution in [0.1, 0.15) is 43.0 Å². The van der Waals surface area contributed by atoms with Crippen LogP contribution in [0.4, 0.5) is 24.9 Å². The van der Waals surface area contributed by atoms with Crippen molar-refractivity contribution in [2.45, 2.75) is 37.9 Å². The number of nitriles is 1. The van der Waals surface area contributed by atoms with Crippen LogP contribution >= 0.6 is 0 Å². The Balaban J connectivity index is 1.19. The molecule has 1 aliphatic carbocycles. The van der Waals surface area contributed by atoms with Crippen molar-refractivity contribution in [1.82, 2.24) is 34.3 Å². The van der Waals surface area contributed by atoms with Crippen LogP contribution in [0.5, 0.6) is 11.5 Å². The van der Waals surface area contributed by atoms with Crippen LogP contribution in [-0.2, 0) is 18.0 Å². The van der Waals surface area contributed by atoms with Gasteiger partial charge in [-0.3, -0.25) is 4.68 Å². The SMILES string of the molecule is Cn1c(Nc2cc(C(F)(F)F)n(C3CC4(CCOCC4)C3)n2)nc2ncc(Oc3cnc4[nH]ccc4c3)c(C#N)c21. The van der Waals surface area contributed by atoms with E-state index in [0.717, 1.165) is 29.0 Å². The largest absolute Gasteiger partial charge is 0.453 e. The third-order valence-electron chi connectivity index (χ3n) is 8.08. The molecule has 0 unspecified atom stereocenters. The predicted molar refractivity (Wildman–Crippen MR) is 141 cm³/mol. The Labute approximate surface area is 230 Å². The molecule has 0 aromatic carbocycles. The van der Waals surface area contributed by atoms with Crippen molar-refractivity contribution in [2.75, 3.05) is 18.5 Å². The van der Waals surface area contributed by atoms with E-state index < -0.39 is 11.9 Å². The number of ether oxygens (including phenoxy) is 2. The van der Waals surface area contributed by atoms with Crippen LogP contribution < -0.4 is 10.1 Å². The minimum Gasteiger partial charge on any atom is -0.453 e. The molecule has 1 saturated carbocycles. The Morgan fingerprint density at radius 1 is 1.20 bits per heavy atom. The zero-order valence-electron chi connectivity index (χ0n) is 21.9. The molecule has 14 heteroatoms. The second kappa shape index (κ2) is 9.20. The molecule has 5 aromatic heterocycles. The second-order valence-electron chi connectivity index (χ2n) is 10.6. The second-order valence-corrected chi connectivity index (χ2v) is 10.6. The predicted octanol–water partition coefficient (Wildman–Crippen LogP) is 5.60. The van der Waals surface area contributed by atoms with Crippen molar-refractivity contribution >= 4 is 34.0 Å². The van der Waals surface area contributed by atoms with Gasteiger partial charge in [0.1, 0.15) is 34.2 Å². The van der Waals surface area contributed by atoms with Gasteiger partial charge in [0.15, 0.2) is 17.2 Å². The zero-order chi connectivity index (χ0) is 28.4. The molecule has 0 amide bonds. The molecular weight excluding hydrogens is 539 g/mol. The van der Waals surface area contributed by atoms with Crippen LogP contribution in [0.15, 0.2) is 36.8 Å². The number of nitrogens with zero attached hydrogens (tertiary/aromatic N) is 7. The highest BCUT2D eigenvalue weighted by atomic mass is 19.4. The van der Waals surface area contributed by atoms with Gasteiger partial charge in [0.25, 0.3) is 0 Å². The van der Waals surface area contributed by atoms with Gasteiger partial charge < -0.3 is 24.3 Å². The molecule has 0 radical (unpaired) electrons. The maximum atomic E-state index is 14.0. The Bertz CT molecular complexity index is 1820. The summed E-state index contributed by atoms with van der Waals surface area (Å²) < 4.78 is 56.0. The number of aromatic nitrogens is 7. The van der Waals surface area contributed by atoms with E-state index in [4.69, 9.17) is 9.47 Å². The third-order valence-corrected chi connectivity index (χ3v) is 8.08. The summed E-state index contributed by atoms with van der Waals surface area (Å²) in [7, 11) is 1.64. The molecule has 1 spiro atoms. The summed E-state index contributed by atoms with van der Waals surface area (Å²) in [6.45, 7) is 1.28. The summed E-state index contributed by atoms with van der Waals surface area (Å²) >= 11 is 0. The molecule has 210 valence electrons. The molecular formula is C27H24F3N9O2. The lowest BCUT2D eigenvalue weighted by molar-refractivity contribution is -0.148. The Hall–Kier alpha value is -4.64. The van der Waals surface area contributed by atoms with Crippen LogP contribution in [0.2, 0.25) is 0 Å². The standard InChI is InChI=1S/C27H24F3N9O2/c1-38-22-18(12-31)19(41-17-8-15-2-5-32-23(15)33-13-17)14-34-24(22)36-25(38)35-21-9-20(27(28,29)30)39(37-21)16-10-26(11-16)3-6-40-7-4-26/h2,5,8-9,13-14,16H,3-4,6-7,10-11H2,1H3,(H,32,33)(H,34,35,36,37). The maximum Gasteiger partial charge on any atom is 0.433 e. The van der Waals surface area contributed by atoms with Crippen LogP contribution in [0, 0.1) is 16.7 Å². The van der Waals surface area contributed by atoms with E-state index >= 15 is 0 Å². The normalized spacial score (nSPS) is 17.1. The summed E-state index contributed by atoms with van der Waals surface area (Å²) in [4.78, 5) is 16.0. The molecule has 0 atom stereocenters. The average molecular weight is 564 g/mol. The number of aryl methyl sites for hydroxylation is 1. The van der Waals surface area contributed by atoms with Gasteiger partial charge in [0, 0.05) is 37.9 Å². The number of aromatic amines is 1. The van der Waals surface area contributed by atoms with Gasteiger partial charge in [-0.25, -0.2) is 9.97 Å². The first kappa shape index (κ1) is 25.3. The molecule has 5 aromatic rings. The Kier molecular flexibility index (Phi) is 5.69. The van der Waals surface area contributed by atoms with Gasteiger partial charge in [-0.15, -0.1) is 0 Å². The number of pyridine rings is 2. The number of hydrogen-bond acceptors (Lipinski definition) is 8. The fraction of sp³-hybridized carbons (Fsp3) is 0.370. The van der Waals surface area contributed by atoms with Crippen molar-refractivity contribution in [2.24, 2.45) is 12.5 Å². The van der Waals surface area contributed by atoms with Gasteiger partial charge in [0.05, 0.1) is 18.4 Å². The number of alkyl halides is 3. The highest BCUT2D eigenvalue weighted by Gasteiger charge is 2.49. The quantitative estimate of drug-likeness (QED) is 0.283. The van der Waals surface area contributed by atoms with E-state index in [9.17, 15) is 18.4 Å². The van der Waals surface area contributed by atoms with Crippen LogP contribution in [0.25, 0.3) is 22.2 Å². The zero-order valence-corrected chi connectivity index (χ0v) is 21.9.